The molecule has 3 aromatic heterocycles. The Labute approximate surface area is 152 Å². The number of hydrogen-bond acceptors (Lipinski definition) is 3. The Bertz CT molecular complexity index is 1430. The largest absolute Gasteiger partial charge is 0.477 e. The van der Waals surface area contributed by atoms with E-state index in [1.165, 1.54) is 6.07 Å². The summed E-state index contributed by atoms with van der Waals surface area (Å²) >= 11 is 0. The molecule has 2 aromatic carbocycles. The molecule has 6 nitrogen and oxygen atoms in total. The molecule has 0 saturated heterocycles. The normalized spacial score (nSPS) is 11.4. The summed E-state index contributed by atoms with van der Waals surface area (Å²) in [5.74, 6) is -1.18. The van der Waals surface area contributed by atoms with Gasteiger partial charge in [0, 0.05) is 39.0 Å². The van der Waals surface area contributed by atoms with Crippen molar-refractivity contribution < 1.29 is 9.90 Å². The number of H-pyrrole nitrogens is 2. The van der Waals surface area contributed by atoms with Gasteiger partial charge in [-0.3, -0.25) is 4.79 Å². The number of para-hydroxylation sites is 2. The molecular weight excluding hydrogens is 342 g/mol. The number of benzene rings is 2. The van der Waals surface area contributed by atoms with Gasteiger partial charge in [0.15, 0.2) is 0 Å². The van der Waals surface area contributed by atoms with Gasteiger partial charge in [0.1, 0.15) is 11.4 Å². The second kappa shape index (κ2) is 5.54. The van der Waals surface area contributed by atoms with Crippen LogP contribution in [0.3, 0.4) is 0 Å². The maximum atomic E-state index is 13.3. The van der Waals surface area contributed by atoms with Crippen molar-refractivity contribution in [2.75, 3.05) is 0 Å². The molecule has 6 heteroatoms. The van der Waals surface area contributed by atoms with Crippen molar-refractivity contribution in [3.05, 3.63) is 76.7 Å². The molecule has 3 N–H and O–H groups in total. The standard InChI is InChI=1S/C21H13N3O3/c25-20-18-13(11-5-2-4-8-16(11)23-18)9-17(21(26)27)24-19(20)14-10-22-15-7-3-1-6-12(14)15/h1-10,22-23H,(H,26,27). The van der Waals surface area contributed by atoms with Crippen LogP contribution in [0.2, 0.25) is 0 Å². The summed E-state index contributed by atoms with van der Waals surface area (Å²) in [7, 11) is 0. The molecule has 0 aliphatic heterocycles. The predicted octanol–water partition coefficient (Wildman–Crippen LogP) is 3.92. The van der Waals surface area contributed by atoms with Gasteiger partial charge in [-0.15, -0.1) is 0 Å². The molecule has 5 aromatic rings. The highest BCUT2D eigenvalue weighted by atomic mass is 16.4. The number of fused-ring (bicyclic) bond motifs is 4. The van der Waals surface area contributed by atoms with Crippen LogP contribution in [-0.2, 0) is 0 Å². The number of carboxylic acid groups (broad SMARTS) is 1. The van der Waals surface area contributed by atoms with Crippen molar-refractivity contribution in [2.45, 2.75) is 0 Å². The molecule has 130 valence electrons. The average molecular weight is 355 g/mol. The first-order chi connectivity index (χ1) is 13.1. The number of hydrogen-bond donors (Lipinski definition) is 3. The fourth-order valence-electron chi connectivity index (χ4n) is 3.51. The highest BCUT2D eigenvalue weighted by Crippen LogP contribution is 2.28. The van der Waals surface area contributed by atoms with Crippen LogP contribution < -0.4 is 5.43 Å². The first-order valence-electron chi connectivity index (χ1n) is 8.39. The third kappa shape index (κ3) is 2.23. The summed E-state index contributed by atoms with van der Waals surface area (Å²) in [6.45, 7) is 0. The van der Waals surface area contributed by atoms with Gasteiger partial charge in [0.05, 0.1) is 5.52 Å². The highest BCUT2D eigenvalue weighted by Gasteiger charge is 2.18. The molecule has 0 fully saturated rings. The van der Waals surface area contributed by atoms with Gasteiger partial charge in [0.2, 0.25) is 5.43 Å². The zero-order chi connectivity index (χ0) is 18.5. The van der Waals surface area contributed by atoms with Gasteiger partial charge in [-0.05, 0) is 18.2 Å². The topological polar surface area (TPSA) is 98.8 Å². The Balaban J connectivity index is 1.98. The summed E-state index contributed by atoms with van der Waals surface area (Å²) in [5.41, 5.74) is 2.14. The molecule has 0 amide bonds. The van der Waals surface area contributed by atoms with Crippen molar-refractivity contribution >= 4 is 38.7 Å². The number of carbonyl (C=O) groups is 1. The zero-order valence-corrected chi connectivity index (χ0v) is 14.0. The first-order valence-corrected chi connectivity index (χ1v) is 8.39. The van der Waals surface area contributed by atoms with Gasteiger partial charge < -0.3 is 15.1 Å². The van der Waals surface area contributed by atoms with E-state index in [-0.39, 0.29) is 16.8 Å². The molecule has 0 spiro atoms. The minimum atomic E-state index is -1.18. The molecule has 0 radical (unpaired) electrons. The third-order valence-corrected chi connectivity index (χ3v) is 4.77. The van der Waals surface area contributed by atoms with E-state index >= 15 is 0 Å². The van der Waals surface area contributed by atoms with E-state index in [0.717, 1.165) is 21.8 Å². The Morgan fingerprint density at radius 3 is 2.41 bits per heavy atom. The van der Waals surface area contributed by atoms with Crippen LogP contribution in [0.1, 0.15) is 10.5 Å². The van der Waals surface area contributed by atoms with Crippen molar-refractivity contribution in [1.29, 1.82) is 0 Å². The summed E-state index contributed by atoms with van der Waals surface area (Å²) in [5, 5.41) is 11.8. The van der Waals surface area contributed by atoms with Crippen LogP contribution in [-0.4, -0.2) is 26.0 Å². The second-order valence-electron chi connectivity index (χ2n) is 6.33. The first kappa shape index (κ1) is 15.3. The SMILES string of the molecule is O=C(O)c1cc2c([nH]c3ccccc32)c(=O)c(-c2c[nH]c3ccccc23)n1. The van der Waals surface area contributed by atoms with Gasteiger partial charge in [-0.25, -0.2) is 9.78 Å². The maximum Gasteiger partial charge on any atom is 0.354 e. The van der Waals surface area contributed by atoms with Crippen LogP contribution >= 0.6 is 0 Å². The minimum absolute atomic E-state index is 0.103. The highest BCUT2D eigenvalue weighted by molar-refractivity contribution is 6.09. The fraction of sp³-hybridized carbons (Fsp3) is 0. The van der Waals surface area contributed by atoms with Crippen molar-refractivity contribution in [3.63, 3.8) is 0 Å². The smallest absolute Gasteiger partial charge is 0.354 e. The van der Waals surface area contributed by atoms with Gasteiger partial charge >= 0.3 is 5.97 Å². The lowest BCUT2D eigenvalue weighted by Gasteiger charge is -1.96. The lowest BCUT2D eigenvalue weighted by atomic mass is 10.1. The average Bonchev–Trinajstić information content (AvgIpc) is 3.22. The number of carboxylic acids is 1. The molecule has 0 aliphatic rings. The van der Waals surface area contributed by atoms with Gasteiger partial charge in [0.25, 0.3) is 0 Å². The predicted molar refractivity (Wildman–Crippen MR) is 104 cm³/mol. The van der Waals surface area contributed by atoms with Crippen LogP contribution in [0.5, 0.6) is 0 Å². The lowest BCUT2D eigenvalue weighted by molar-refractivity contribution is 0.0691. The molecular formula is C21H13N3O3. The number of aromatic amines is 2. The molecule has 0 saturated carbocycles. The number of nitrogens with zero attached hydrogens (tertiary/aromatic N) is 1. The number of nitrogens with one attached hydrogen (secondary N) is 2. The van der Waals surface area contributed by atoms with Gasteiger partial charge in [-0.1, -0.05) is 36.4 Å². The number of rotatable bonds is 2. The van der Waals surface area contributed by atoms with E-state index < -0.39 is 5.97 Å². The molecule has 0 aliphatic carbocycles. The maximum absolute atomic E-state index is 13.3. The Hall–Kier alpha value is -3.93. The van der Waals surface area contributed by atoms with Gasteiger partial charge in [-0.2, -0.15) is 0 Å². The Morgan fingerprint density at radius 1 is 0.926 bits per heavy atom. The van der Waals surface area contributed by atoms with Crippen molar-refractivity contribution in [3.8, 4) is 11.3 Å². The summed E-state index contributed by atoms with van der Waals surface area (Å²) in [6.07, 6.45) is 1.69. The van der Waals surface area contributed by atoms with Crippen LogP contribution in [0.4, 0.5) is 0 Å². The fourth-order valence-corrected chi connectivity index (χ4v) is 3.51. The molecule has 0 bridgehead atoms. The van der Waals surface area contributed by atoms with E-state index in [4.69, 9.17) is 0 Å². The Kier molecular flexibility index (Phi) is 3.14. The minimum Gasteiger partial charge on any atom is -0.477 e. The summed E-state index contributed by atoms with van der Waals surface area (Å²) in [4.78, 5) is 35.5. The molecule has 5 rings (SSSR count). The van der Waals surface area contributed by atoms with E-state index in [2.05, 4.69) is 15.0 Å². The van der Waals surface area contributed by atoms with E-state index in [0.29, 0.717) is 16.5 Å². The van der Waals surface area contributed by atoms with E-state index in [9.17, 15) is 14.7 Å². The van der Waals surface area contributed by atoms with Crippen LogP contribution in [0.15, 0.2) is 65.6 Å². The summed E-state index contributed by atoms with van der Waals surface area (Å²) in [6, 6.07) is 16.4. The third-order valence-electron chi connectivity index (χ3n) is 4.77. The zero-order valence-electron chi connectivity index (χ0n) is 14.0. The van der Waals surface area contributed by atoms with E-state index in [1.807, 2.05) is 48.5 Å². The number of aromatic carboxylic acids is 1. The molecule has 0 unspecified atom stereocenters. The quantitative estimate of drug-likeness (QED) is 0.447. The van der Waals surface area contributed by atoms with Crippen LogP contribution in [0, 0.1) is 0 Å². The van der Waals surface area contributed by atoms with Crippen LogP contribution in [0.25, 0.3) is 44.0 Å². The number of aromatic nitrogens is 3. The summed E-state index contributed by atoms with van der Waals surface area (Å²) < 4.78 is 0. The van der Waals surface area contributed by atoms with E-state index in [1.54, 1.807) is 6.20 Å². The van der Waals surface area contributed by atoms with Crippen molar-refractivity contribution in [2.24, 2.45) is 0 Å². The molecule has 0 atom stereocenters. The molecule has 27 heavy (non-hydrogen) atoms. The second-order valence-corrected chi connectivity index (χ2v) is 6.33. The lowest BCUT2D eigenvalue weighted by Crippen LogP contribution is -2.06. The van der Waals surface area contributed by atoms with Crippen molar-refractivity contribution in [1.82, 2.24) is 15.0 Å². The Morgan fingerprint density at radius 2 is 1.63 bits per heavy atom. The monoisotopic (exact) mass is 355 g/mol. The molecule has 3 heterocycles.